The number of H-pyrrole nitrogens is 1. The maximum absolute atomic E-state index is 12.4. The van der Waals surface area contributed by atoms with Crippen molar-refractivity contribution in [3.63, 3.8) is 0 Å². The molecule has 138 valence electrons. The molecule has 0 amide bonds. The lowest BCUT2D eigenvalue weighted by molar-refractivity contribution is -0.136. The maximum atomic E-state index is 12.4. The summed E-state index contributed by atoms with van der Waals surface area (Å²) in [5.74, 6) is 0.528. The van der Waals surface area contributed by atoms with Gasteiger partial charge in [0.15, 0.2) is 0 Å². The largest absolute Gasteiger partial charge is 0.497 e. The highest BCUT2D eigenvalue weighted by Gasteiger charge is 2.23. The quantitative estimate of drug-likeness (QED) is 0.691. The van der Waals surface area contributed by atoms with Crippen LogP contribution in [-0.4, -0.2) is 31.2 Å². The van der Waals surface area contributed by atoms with Crippen molar-refractivity contribution >= 4 is 22.4 Å². The number of carbonyl (C=O) groups excluding carboxylic acids is 1. The number of hydrogen-bond acceptors (Lipinski definition) is 4. The molecule has 0 spiro atoms. The molecule has 0 radical (unpaired) electrons. The van der Waals surface area contributed by atoms with E-state index in [1.165, 1.54) is 0 Å². The SMILES string of the molecule is CCOC(=O)C1=CNCCc2c1[nH]c1ccc(-c3ccc(OC)cc3)cc21. The van der Waals surface area contributed by atoms with Crippen molar-refractivity contribution in [3.8, 4) is 16.9 Å². The van der Waals surface area contributed by atoms with Crippen molar-refractivity contribution in [1.29, 1.82) is 0 Å². The first-order valence-corrected chi connectivity index (χ1v) is 9.11. The summed E-state index contributed by atoms with van der Waals surface area (Å²) in [6.45, 7) is 2.94. The molecule has 0 saturated heterocycles. The van der Waals surface area contributed by atoms with E-state index in [9.17, 15) is 4.79 Å². The molecule has 0 aliphatic carbocycles. The summed E-state index contributed by atoms with van der Waals surface area (Å²) in [7, 11) is 1.67. The van der Waals surface area contributed by atoms with Gasteiger partial charge in [-0.15, -0.1) is 0 Å². The van der Waals surface area contributed by atoms with E-state index < -0.39 is 0 Å². The predicted molar refractivity (Wildman–Crippen MR) is 107 cm³/mol. The molecule has 27 heavy (non-hydrogen) atoms. The summed E-state index contributed by atoms with van der Waals surface area (Å²) in [5.41, 5.74) is 5.82. The van der Waals surface area contributed by atoms with Crippen LogP contribution in [0.2, 0.25) is 0 Å². The van der Waals surface area contributed by atoms with Crippen LogP contribution in [0.3, 0.4) is 0 Å². The van der Waals surface area contributed by atoms with Gasteiger partial charge in [-0.2, -0.15) is 0 Å². The third-order valence-corrected chi connectivity index (χ3v) is 4.86. The molecule has 5 heteroatoms. The first-order valence-electron chi connectivity index (χ1n) is 9.11. The third kappa shape index (κ3) is 3.16. The molecule has 0 fully saturated rings. The van der Waals surface area contributed by atoms with Gasteiger partial charge >= 0.3 is 5.97 Å². The number of nitrogens with one attached hydrogen (secondary N) is 2. The standard InChI is InChI=1S/C22H22N2O3/c1-3-27-22(25)19-13-23-11-10-17-18-12-15(6-9-20(18)24-21(17)19)14-4-7-16(26-2)8-5-14/h4-9,12-13,23-24H,3,10-11H2,1-2H3. The monoisotopic (exact) mass is 362 g/mol. The number of ether oxygens (including phenoxy) is 2. The van der Waals surface area contributed by atoms with Crippen LogP contribution in [0.25, 0.3) is 27.6 Å². The van der Waals surface area contributed by atoms with Crippen molar-refractivity contribution in [2.45, 2.75) is 13.3 Å². The molecule has 0 unspecified atom stereocenters. The second-order valence-corrected chi connectivity index (χ2v) is 6.45. The molecule has 0 bridgehead atoms. The average molecular weight is 362 g/mol. The molecule has 5 nitrogen and oxygen atoms in total. The Balaban J connectivity index is 1.80. The van der Waals surface area contributed by atoms with E-state index in [0.29, 0.717) is 12.2 Å². The van der Waals surface area contributed by atoms with E-state index in [1.807, 2.05) is 19.1 Å². The molecule has 1 aliphatic heterocycles. The topological polar surface area (TPSA) is 63.3 Å². The lowest BCUT2D eigenvalue weighted by Crippen LogP contribution is -2.11. The Morgan fingerprint density at radius 1 is 1.11 bits per heavy atom. The summed E-state index contributed by atoms with van der Waals surface area (Å²) in [6.07, 6.45) is 2.59. The Morgan fingerprint density at radius 2 is 1.89 bits per heavy atom. The Labute approximate surface area is 158 Å². The highest BCUT2D eigenvalue weighted by atomic mass is 16.5. The molecule has 4 rings (SSSR count). The Hall–Kier alpha value is -3.21. The van der Waals surface area contributed by atoms with Crippen LogP contribution in [0.4, 0.5) is 0 Å². The summed E-state index contributed by atoms with van der Waals surface area (Å²) in [6, 6.07) is 14.4. The number of esters is 1. The molecule has 1 aromatic heterocycles. The molecule has 2 heterocycles. The number of benzene rings is 2. The van der Waals surface area contributed by atoms with Gasteiger partial charge in [-0.05, 0) is 54.3 Å². The molecule has 2 aromatic carbocycles. The molecular formula is C22H22N2O3. The van der Waals surface area contributed by atoms with Crippen LogP contribution in [0.15, 0.2) is 48.7 Å². The number of hydrogen-bond donors (Lipinski definition) is 2. The predicted octanol–water partition coefficient (Wildman–Crippen LogP) is 3.89. The minimum Gasteiger partial charge on any atom is -0.497 e. The van der Waals surface area contributed by atoms with Gasteiger partial charge in [-0.3, -0.25) is 0 Å². The highest BCUT2D eigenvalue weighted by molar-refractivity contribution is 6.17. The molecule has 1 aliphatic rings. The van der Waals surface area contributed by atoms with Gasteiger partial charge < -0.3 is 19.8 Å². The van der Waals surface area contributed by atoms with Gasteiger partial charge in [0, 0.05) is 23.6 Å². The van der Waals surface area contributed by atoms with Gasteiger partial charge in [-0.1, -0.05) is 18.2 Å². The molecule has 0 atom stereocenters. The average Bonchev–Trinajstić information content (AvgIpc) is 2.92. The van der Waals surface area contributed by atoms with Crippen molar-refractivity contribution in [2.24, 2.45) is 0 Å². The van der Waals surface area contributed by atoms with Crippen molar-refractivity contribution in [1.82, 2.24) is 10.3 Å². The lowest BCUT2D eigenvalue weighted by Gasteiger charge is -2.06. The zero-order valence-electron chi connectivity index (χ0n) is 15.5. The number of carbonyl (C=O) groups is 1. The lowest BCUT2D eigenvalue weighted by atomic mass is 9.99. The summed E-state index contributed by atoms with van der Waals surface area (Å²) in [4.78, 5) is 15.8. The summed E-state index contributed by atoms with van der Waals surface area (Å²) < 4.78 is 10.5. The first-order chi connectivity index (χ1) is 13.2. The fourth-order valence-electron chi connectivity index (χ4n) is 3.51. The smallest absolute Gasteiger partial charge is 0.341 e. The molecule has 3 aromatic rings. The Kier molecular flexibility index (Phi) is 4.59. The number of rotatable bonds is 4. The van der Waals surface area contributed by atoms with Crippen molar-refractivity contribution in [3.05, 3.63) is 59.9 Å². The molecule has 0 saturated carbocycles. The van der Waals surface area contributed by atoms with Gasteiger partial charge in [-0.25, -0.2) is 4.79 Å². The maximum Gasteiger partial charge on any atom is 0.341 e. The Morgan fingerprint density at radius 3 is 2.63 bits per heavy atom. The van der Waals surface area contributed by atoms with Gasteiger partial charge in [0.2, 0.25) is 0 Å². The summed E-state index contributed by atoms with van der Waals surface area (Å²) in [5, 5.41) is 4.33. The minimum absolute atomic E-state index is 0.310. The second kappa shape index (κ2) is 7.19. The van der Waals surface area contributed by atoms with E-state index in [2.05, 4.69) is 40.6 Å². The zero-order valence-corrected chi connectivity index (χ0v) is 15.5. The van der Waals surface area contributed by atoms with Crippen LogP contribution in [-0.2, 0) is 16.0 Å². The first kappa shape index (κ1) is 17.2. The van der Waals surface area contributed by atoms with E-state index >= 15 is 0 Å². The van der Waals surface area contributed by atoms with Crippen molar-refractivity contribution in [2.75, 3.05) is 20.3 Å². The Bertz CT molecular complexity index is 1020. The third-order valence-electron chi connectivity index (χ3n) is 4.86. The van der Waals surface area contributed by atoms with Gasteiger partial charge in [0.1, 0.15) is 5.75 Å². The number of fused-ring (bicyclic) bond motifs is 3. The number of methoxy groups -OCH3 is 1. The number of aromatic nitrogens is 1. The van der Waals surface area contributed by atoms with Crippen LogP contribution >= 0.6 is 0 Å². The summed E-state index contributed by atoms with van der Waals surface area (Å²) >= 11 is 0. The number of aromatic amines is 1. The zero-order chi connectivity index (χ0) is 18.8. The minimum atomic E-state index is -0.310. The van der Waals surface area contributed by atoms with Crippen LogP contribution < -0.4 is 10.1 Å². The van der Waals surface area contributed by atoms with E-state index in [-0.39, 0.29) is 5.97 Å². The van der Waals surface area contributed by atoms with E-state index in [0.717, 1.165) is 52.0 Å². The van der Waals surface area contributed by atoms with Crippen LogP contribution in [0.5, 0.6) is 5.75 Å². The second-order valence-electron chi connectivity index (χ2n) is 6.45. The fraction of sp³-hybridized carbons (Fsp3) is 0.227. The molecule has 2 N–H and O–H groups in total. The van der Waals surface area contributed by atoms with E-state index in [4.69, 9.17) is 9.47 Å². The fourth-order valence-corrected chi connectivity index (χ4v) is 3.51. The van der Waals surface area contributed by atoms with Crippen molar-refractivity contribution < 1.29 is 14.3 Å². The van der Waals surface area contributed by atoms with Gasteiger partial charge in [0.25, 0.3) is 0 Å². The van der Waals surface area contributed by atoms with Crippen LogP contribution in [0, 0.1) is 0 Å². The molecular weight excluding hydrogens is 340 g/mol. The van der Waals surface area contributed by atoms with Gasteiger partial charge in [0.05, 0.1) is 25.0 Å². The normalized spacial score (nSPS) is 13.3. The van der Waals surface area contributed by atoms with E-state index in [1.54, 1.807) is 13.3 Å². The van der Waals surface area contributed by atoms with Crippen LogP contribution in [0.1, 0.15) is 18.2 Å². The highest BCUT2D eigenvalue weighted by Crippen LogP contribution is 2.33.